The van der Waals surface area contributed by atoms with E-state index in [1.165, 1.54) is 12.8 Å². The molecule has 3 rings (SSSR count). The van der Waals surface area contributed by atoms with Gasteiger partial charge in [0.15, 0.2) is 5.65 Å². The Morgan fingerprint density at radius 1 is 1.39 bits per heavy atom. The van der Waals surface area contributed by atoms with Crippen molar-refractivity contribution >= 4 is 17.0 Å². The summed E-state index contributed by atoms with van der Waals surface area (Å²) in [6.45, 7) is 2.26. The summed E-state index contributed by atoms with van der Waals surface area (Å²) in [5, 5.41) is 6.47. The molecule has 18 heavy (non-hydrogen) atoms. The first-order chi connectivity index (χ1) is 8.85. The molecule has 96 valence electrons. The van der Waals surface area contributed by atoms with Crippen LogP contribution in [0.5, 0.6) is 0 Å². The maximum Gasteiger partial charge on any atom is 0.179 e. The number of aromatic nitrogens is 3. The van der Waals surface area contributed by atoms with Crippen LogP contribution in [0.25, 0.3) is 11.2 Å². The number of hydrogen-bond donors (Lipinski definition) is 3. The lowest BCUT2D eigenvalue weighted by Gasteiger charge is -2.21. The van der Waals surface area contributed by atoms with Crippen LogP contribution in [0.2, 0.25) is 0 Å². The van der Waals surface area contributed by atoms with E-state index in [-0.39, 0.29) is 0 Å². The number of anilines is 1. The fourth-order valence-corrected chi connectivity index (χ4v) is 2.55. The molecule has 0 saturated carbocycles. The topological polar surface area (TPSA) is 65.6 Å². The van der Waals surface area contributed by atoms with Gasteiger partial charge in [-0.05, 0) is 44.0 Å². The number of aromatic amines is 1. The Hall–Kier alpha value is -1.62. The fourth-order valence-electron chi connectivity index (χ4n) is 2.55. The van der Waals surface area contributed by atoms with Crippen molar-refractivity contribution in [2.75, 3.05) is 25.5 Å². The standard InChI is InChI=1S/C13H19N5/c1-14-11-5-4-10-13(17-11)18-12(16-10)7-9-3-2-6-15-8-9/h4-5,9,15H,2-3,6-8H2,1H3,(H2,14,16,17,18). The van der Waals surface area contributed by atoms with Gasteiger partial charge in [-0.15, -0.1) is 0 Å². The van der Waals surface area contributed by atoms with Crippen LogP contribution in [0.3, 0.4) is 0 Å². The molecule has 3 heterocycles. The summed E-state index contributed by atoms with van der Waals surface area (Å²) >= 11 is 0. The smallest absolute Gasteiger partial charge is 0.179 e. The highest BCUT2D eigenvalue weighted by molar-refractivity contribution is 5.72. The summed E-state index contributed by atoms with van der Waals surface area (Å²) in [5.41, 5.74) is 1.83. The van der Waals surface area contributed by atoms with E-state index in [0.29, 0.717) is 5.92 Å². The third-order valence-electron chi connectivity index (χ3n) is 3.53. The number of imidazole rings is 1. The molecule has 1 atom stereocenters. The zero-order valence-corrected chi connectivity index (χ0v) is 10.7. The highest BCUT2D eigenvalue weighted by Gasteiger charge is 2.15. The third-order valence-corrected chi connectivity index (χ3v) is 3.53. The first-order valence-electron chi connectivity index (χ1n) is 6.59. The number of rotatable bonds is 3. The van der Waals surface area contributed by atoms with E-state index in [2.05, 4.69) is 25.6 Å². The molecule has 0 spiro atoms. The van der Waals surface area contributed by atoms with Crippen molar-refractivity contribution in [1.29, 1.82) is 0 Å². The van der Waals surface area contributed by atoms with Gasteiger partial charge >= 0.3 is 0 Å². The Morgan fingerprint density at radius 3 is 3.11 bits per heavy atom. The van der Waals surface area contributed by atoms with E-state index in [9.17, 15) is 0 Å². The number of nitrogens with one attached hydrogen (secondary N) is 3. The Bertz CT molecular complexity index is 527. The number of fused-ring (bicyclic) bond motifs is 1. The Kier molecular flexibility index (Phi) is 3.15. The summed E-state index contributed by atoms with van der Waals surface area (Å²) in [5.74, 6) is 2.61. The molecule has 0 aromatic carbocycles. The van der Waals surface area contributed by atoms with Crippen molar-refractivity contribution in [2.24, 2.45) is 5.92 Å². The van der Waals surface area contributed by atoms with Crippen molar-refractivity contribution in [1.82, 2.24) is 20.3 Å². The highest BCUT2D eigenvalue weighted by Crippen LogP contribution is 2.18. The van der Waals surface area contributed by atoms with Crippen LogP contribution in [-0.4, -0.2) is 35.1 Å². The van der Waals surface area contributed by atoms with Gasteiger partial charge < -0.3 is 15.6 Å². The molecule has 2 aromatic rings. The molecule has 5 nitrogen and oxygen atoms in total. The Balaban J connectivity index is 1.79. The van der Waals surface area contributed by atoms with Crippen molar-refractivity contribution in [3.8, 4) is 0 Å². The van der Waals surface area contributed by atoms with Gasteiger partial charge in [0, 0.05) is 13.5 Å². The maximum atomic E-state index is 4.58. The summed E-state index contributed by atoms with van der Waals surface area (Å²) in [6, 6.07) is 4.00. The van der Waals surface area contributed by atoms with Crippen molar-refractivity contribution in [2.45, 2.75) is 19.3 Å². The van der Waals surface area contributed by atoms with Crippen LogP contribution in [0, 0.1) is 5.92 Å². The van der Waals surface area contributed by atoms with Crippen LogP contribution < -0.4 is 10.6 Å². The average molecular weight is 245 g/mol. The number of H-pyrrole nitrogens is 1. The SMILES string of the molecule is CNc1ccc2[nH]c(CC3CCCNC3)nc2n1. The predicted molar refractivity (Wildman–Crippen MR) is 72.7 cm³/mol. The van der Waals surface area contributed by atoms with E-state index in [1.54, 1.807) is 0 Å². The van der Waals surface area contributed by atoms with E-state index in [0.717, 1.165) is 42.3 Å². The molecule has 3 N–H and O–H groups in total. The molecule has 1 aliphatic rings. The summed E-state index contributed by atoms with van der Waals surface area (Å²) in [4.78, 5) is 12.4. The number of hydrogen-bond acceptors (Lipinski definition) is 4. The van der Waals surface area contributed by atoms with Gasteiger partial charge in [-0.1, -0.05) is 0 Å². The van der Waals surface area contributed by atoms with Crippen molar-refractivity contribution < 1.29 is 0 Å². The zero-order chi connectivity index (χ0) is 12.4. The van der Waals surface area contributed by atoms with Crippen LogP contribution in [0.4, 0.5) is 5.82 Å². The maximum absolute atomic E-state index is 4.58. The second-order valence-corrected chi connectivity index (χ2v) is 4.92. The van der Waals surface area contributed by atoms with Gasteiger partial charge in [0.05, 0.1) is 5.52 Å². The van der Waals surface area contributed by atoms with Crippen molar-refractivity contribution in [3.63, 3.8) is 0 Å². The second-order valence-electron chi connectivity index (χ2n) is 4.92. The van der Waals surface area contributed by atoms with E-state index < -0.39 is 0 Å². The minimum Gasteiger partial charge on any atom is -0.373 e. The molecule has 1 saturated heterocycles. The molecule has 1 aliphatic heterocycles. The molecule has 0 aliphatic carbocycles. The normalized spacial score (nSPS) is 20.2. The van der Waals surface area contributed by atoms with E-state index >= 15 is 0 Å². The average Bonchev–Trinajstić information content (AvgIpc) is 2.80. The van der Waals surface area contributed by atoms with Gasteiger partial charge in [-0.2, -0.15) is 0 Å². The lowest BCUT2D eigenvalue weighted by Crippen LogP contribution is -2.31. The second kappa shape index (κ2) is 4.94. The van der Waals surface area contributed by atoms with Gasteiger partial charge in [0.25, 0.3) is 0 Å². The van der Waals surface area contributed by atoms with Gasteiger partial charge in [-0.25, -0.2) is 9.97 Å². The Morgan fingerprint density at radius 2 is 2.33 bits per heavy atom. The molecule has 5 heteroatoms. The lowest BCUT2D eigenvalue weighted by atomic mass is 9.96. The van der Waals surface area contributed by atoms with Crippen LogP contribution >= 0.6 is 0 Å². The minimum atomic E-state index is 0.697. The Labute approximate surface area is 106 Å². The highest BCUT2D eigenvalue weighted by atomic mass is 15.0. The largest absolute Gasteiger partial charge is 0.373 e. The summed E-state index contributed by atoms with van der Waals surface area (Å²) in [6.07, 6.45) is 3.57. The summed E-state index contributed by atoms with van der Waals surface area (Å²) in [7, 11) is 1.87. The quantitative estimate of drug-likeness (QED) is 0.767. The number of piperidine rings is 1. The first-order valence-corrected chi connectivity index (χ1v) is 6.59. The van der Waals surface area contributed by atoms with Crippen LogP contribution in [0.15, 0.2) is 12.1 Å². The molecule has 2 aromatic heterocycles. The molecular formula is C13H19N5. The number of nitrogens with zero attached hydrogens (tertiary/aromatic N) is 2. The summed E-state index contributed by atoms with van der Waals surface area (Å²) < 4.78 is 0. The van der Waals surface area contributed by atoms with Crippen LogP contribution in [-0.2, 0) is 6.42 Å². The third kappa shape index (κ3) is 2.31. The lowest BCUT2D eigenvalue weighted by molar-refractivity contribution is 0.371. The number of pyridine rings is 1. The minimum absolute atomic E-state index is 0.697. The monoisotopic (exact) mass is 245 g/mol. The zero-order valence-electron chi connectivity index (χ0n) is 10.7. The molecule has 1 fully saturated rings. The molecular weight excluding hydrogens is 226 g/mol. The van der Waals surface area contributed by atoms with Crippen molar-refractivity contribution in [3.05, 3.63) is 18.0 Å². The molecule has 0 radical (unpaired) electrons. The predicted octanol–water partition coefficient (Wildman–Crippen LogP) is 1.54. The molecule has 0 amide bonds. The molecule has 0 bridgehead atoms. The van der Waals surface area contributed by atoms with E-state index in [1.807, 2.05) is 19.2 Å². The fraction of sp³-hybridized carbons (Fsp3) is 0.538. The van der Waals surface area contributed by atoms with Gasteiger partial charge in [0.1, 0.15) is 11.6 Å². The van der Waals surface area contributed by atoms with E-state index in [4.69, 9.17) is 0 Å². The first kappa shape index (κ1) is 11.5. The molecule has 1 unspecified atom stereocenters. The van der Waals surface area contributed by atoms with Crippen LogP contribution in [0.1, 0.15) is 18.7 Å². The van der Waals surface area contributed by atoms with Gasteiger partial charge in [-0.3, -0.25) is 0 Å². The van der Waals surface area contributed by atoms with Gasteiger partial charge in [0.2, 0.25) is 0 Å².